The Bertz CT molecular complexity index is 429. The molecule has 1 amide bonds. The van der Waals surface area contributed by atoms with Crippen LogP contribution in [-0.2, 0) is 4.79 Å². The van der Waals surface area contributed by atoms with Gasteiger partial charge in [0.25, 0.3) is 5.69 Å². The number of carbonyl (C=O) groups excluding carboxylic acids is 1. The Morgan fingerprint density at radius 3 is 2.33 bits per heavy atom. The van der Waals surface area contributed by atoms with Crippen LogP contribution in [-0.4, -0.2) is 17.4 Å². The van der Waals surface area contributed by atoms with Crippen LogP contribution < -0.4 is 11.1 Å². The molecule has 3 N–H and O–H groups in total. The van der Waals surface area contributed by atoms with E-state index in [-0.39, 0.29) is 30.0 Å². The van der Waals surface area contributed by atoms with Crippen molar-refractivity contribution in [3.63, 3.8) is 0 Å². The Kier molecular flexibility index (Phi) is 4.79. The van der Waals surface area contributed by atoms with Gasteiger partial charge in [-0.25, -0.2) is 0 Å². The molecular weight excluding hydrogens is 234 g/mol. The van der Waals surface area contributed by atoms with Crippen LogP contribution >= 0.6 is 0 Å². The number of nitrogens with one attached hydrogen (secondary N) is 1. The molecule has 0 heterocycles. The number of nitrogens with two attached hydrogens (primary N) is 1. The lowest BCUT2D eigenvalue weighted by atomic mass is 9.95. The largest absolute Gasteiger partial charge is 0.330 e. The highest BCUT2D eigenvalue weighted by atomic mass is 16.6. The third-order valence-electron chi connectivity index (χ3n) is 2.74. The minimum atomic E-state index is -0.484. The van der Waals surface area contributed by atoms with Gasteiger partial charge in [-0.05, 0) is 18.1 Å². The molecule has 0 spiro atoms. The Hall–Kier alpha value is -1.95. The van der Waals surface area contributed by atoms with Crippen LogP contribution in [0.5, 0.6) is 0 Å². The molecule has 1 atom stereocenters. The topological polar surface area (TPSA) is 98.3 Å². The van der Waals surface area contributed by atoms with E-state index in [1.54, 1.807) is 0 Å². The summed E-state index contributed by atoms with van der Waals surface area (Å²) >= 11 is 0. The zero-order valence-corrected chi connectivity index (χ0v) is 10.4. The SMILES string of the molecule is CC(C)C(CN)C(=O)Nc1ccc([N+](=O)[O-])cc1. The van der Waals surface area contributed by atoms with Gasteiger partial charge in [-0.15, -0.1) is 0 Å². The van der Waals surface area contributed by atoms with Crippen molar-refractivity contribution in [1.82, 2.24) is 0 Å². The van der Waals surface area contributed by atoms with Crippen molar-refractivity contribution in [3.8, 4) is 0 Å². The van der Waals surface area contributed by atoms with Gasteiger partial charge in [-0.2, -0.15) is 0 Å². The van der Waals surface area contributed by atoms with Crippen LogP contribution in [0.4, 0.5) is 11.4 Å². The van der Waals surface area contributed by atoms with Gasteiger partial charge in [-0.1, -0.05) is 13.8 Å². The van der Waals surface area contributed by atoms with Gasteiger partial charge >= 0.3 is 0 Å². The monoisotopic (exact) mass is 251 g/mol. The van der Waals surface area contributed by atoms with Gasteiger partial charge in [0.05, 0.1) is 10.8 Å². The second-order valence-electron chi connectivity index (χ2n) is 4.38. The van der Waals surface area contributed by atoms with E-state index < -0.39 is 4.92 Å². The van der Waals surface area contributed by atoms with Crippen LogP contribution in [0.2, 0.25) is 0 Å². The number of benzene rings is 1. The number of non-ortho nitro benzene ring substituents is 1. The Balaban J connectivity index is 2.73. The summed E-state index contributed by atoms with van der Waals surface area (Å²) in [7, 11) is 0. The maximum Gasteiger partial charge on any atom is 0.269 e. The van der Waals surface area contributed by atoms with E-state index in [1.165, 1.54) is 24.3 Å². The number of rotatable bonds is 5. The summed E-state index contributed by atoms with van der Waals surface area (Å²) < 4.78 is 0. The summed E-state index contributed by atoms with van der Waals surface area (Å²) in [5, 5.41) is 13.2. The molecule has 1 aromatic rings. The molecule has 1 unspecified atom stereocenters. The van der Waals surface area contributed by atoms with E-state index in [0.717, 1.165) is 0 Å². The van der Waals surface area contributed by atoms with Crippen molar-refractivity contribution in [3.05, 3.63) is 34.4 Å². The fourth-order valence-corrected chi connectivity index (χ4v) is 1.58. The zero-order chi connectivity index (χ0) is 13.7. The molecule has 1 aromatic carbocycles. The first-order valence-corrected chi connectivity index (χ1v) is 5.71. The molecule has 0 bridgehead atoms. The van der Waals surface area contributed by atoms with Gasteiger partial charge < -0.3 is 11.1 Å². The number of nitro benzene ring substituents is 1. The zero-order valence-electron chi connectivity index (χ0n) is 10.4. The molecule has 0 aromatic heterocycles. The number of nitro groups is 1. The first kappa shape index (κ1) is 14.1. The lowest BCUT2D eigenvalue weighted by Gasteiger charge is -2.18. The lowest BCUT2D eigenvalue weighted by molar-refractivity contribution is -0.384. The molecule has 18 heavy (non-hydrogen) atoms. The molecule has 6 nitrogen and oxygen atoms in total. The molecule has 0 radical (unpaired) electrons. The number of amides is 1. The molecule has 0 saturated heterocycles. The van der Waals surface area contributed by atoms with Crippen LogP contribution in [0.3, 0.4) is 0 Å². The molecule has 0 saturated carbocycles. The fourth-order valence-electron chi connectivity index (χ4n) is 1.58. The summed E-state index contributed by atoms with van der Waals surface area (Å²) in [4.78, 5) is 21.9. The minimum absolute atomic E-state index is 0.00719. The van der Waals surface area contributed by atoms with Gasteiger partial charge in [-0.3, -0.25) is 14.9 Å². The van der Waals surface area contributed by atoms with E-state index in [2.05, 4.69) is 5.32 Å². The van der Waals surface area contributed by atoms with Crippen LogP contribution in [0.25, 0.3) is 0 Å². The molecule has 0 aliphatic rings. The van der Waals surface area contributed by atoms with Crippen molar-refractivity contribution >= 4 is 17.3 Å². The van der Waals surface area contributed by atoms with E-state index >= 15 is 0 Å². The smallest absolute Gasteiger partial charge is 0.269 e. The maximum absolute atomic E-state index is 11.9. The average molecular weight is 251 g/mol. The normalized spacial score (nSPS) is 12.2. The molecule has 0 fully saturated rings. The fraction of sp³-hybridized carbons (Fsp3) is 0.417. The first-order valence-electron chi connectivity index (χ1n) is 5.71. The standard InChI is InChI=1S/C12H17N3O3/c1-8(2)11(7-13)12(16)14-9-3-5-10(6-4-9)15(17)18/h3-6,8,11H,7,13H2,1-2H3,(H,14,16). The molecule has 1 rings (SSSR count). The lowest BCUT2D eigenvalue weighted by Crippen LogP contribution is -2.33. The molecule has 0 aliphatic carbocycles. The summed E-state index contributed by atoms with van der Waals surface area (Å²) in [6.45, 7) is 4.12. The molecule has 0 aliphatic heterocycles. The van der Waals surface area contributed by atoms with Gasteiger partial charge in [0, 0.05) is 24.4 Å². The maximum atomic E-state index is 11.9. The molecule has 6 heteroatoms. The first-order chi connectivity index (χ1) is 8.45. The Labute approximate surface area is 105 Å². The van der Waals surface area contributed by atoms with Crippen molar-refractivity contribution in [2.45, 2.75) is 13.8 Å². The predicted molar refractivity (Wildman–Crippen MR) is 69.1 cm³/mol. The highest BCUT2D eigenvalue weighted by Crippen LogP contribution is 2.17. The highest BCUT2D eigenvalue weighted by molar-refractivity contribution is 5.92. The third kappa shape index (κ3) is 3.53. The van der Waals surface area contributed by atoms with E-state index in [4.69, 9.17) is 5.73 Å². The average Bonchev–Trinajstić information content (AvgIpc) is 2.29. The second-order valence-corrected chi connectivity index (χ2v) is 4.38. The number of hydrogen-bond donors (Lipinski definition) is 2. The van der Waals surface area contributed by atoms with Gasteiger partial charge in [0.15, 0.2) is 0 Å². The van der Waals surface area contributed by atoms with Crippen LogP contribution in [0.1, 0.15) is 13.8 Å². The van der Waals surface area contributed by atoms with Crippen molar-refractivity contribution in [2.75, 3.05) is 11.9 Å². The Morgan fingerprint density at radius 2 is 1.94 bits per heavy atom. The number of nitrogens with zero attached hydrogens (tertiary/aromatic N) is 1. The minimum Gasteiger partial charge on any atom is -0.330 e. The van der Waals surface area contributed by atoms with E-state index in [0.29, 0.717) is 5.69 Å². The number of carbonyl (C=O) groups is 1. The Morgan fingerprint density at radius 1 is 1.39 bits per heavy atom. The summed E-state index contributed by atoms with van der Waals surface area (Å²) in [6, 6.07) is 5.71. The highest BCUT2D eigenvalue weighted by Gasteiger charge is 2.20. The quantitative estimate of drug-likeness (QED) is 0.615. The number of anilines is 1. The summed E-state index contributed by atoms with van der Waals surface area (Å²) in [5.41, 5.74) is 6.07. The molecule has 98 valence electrons. The third-order valence-corrected chi connectivity index (χ3v) is 2.74. The van der Waals surface area contributed by atoms with Crippen molar-refractivity contribution < 1.29 is 9.72 Å². The molecular formula is C12H17N3O3. The van der Waals surface area contributed by atoms with Crippen molar-refractivity contribution in [1.29, 1.82) is 0 Å². The van der Waals surface area contributed by atoms with E-state index in [1.807, 2.05) is 13.8 Å². The second kappa shape index (κ2) is 6.11. The van der Waals surface area contributed by atoms with Crippen molar-refractivity contribution in [2.24, 2.45) is 17.6 Å². The van der Waals surface area contributed by atoms with Crippen LogP contribution in [0, 0.1) is 22.0 Å². The summed E-state index contributed by atoms with van der Waals surface area (Å²) in [5.74, 6) is -0.283. The summed E-state index contributed by atoms with van der Waals surface area (Å²) in [6.07, 6.45) is 0. The number of hydrogen-bond acceptors (Lipinski definition) is 4. The van der Waals surface area contributed by atoms with Gasteiger partial charge in [0.1, 0.15) is 0 Å². The predicted octanol–water partition coefficient (Wildman–Crippen LogP) is 1.76. The van der Waals surface area contributed by atoms with Crippen LogP contribution in [0.15, 0.2) is 24.3 Å². The van der Waals surface area contributed by atoms with E-state index in [9.17, 15) is 14.9 Å². The van der Waals surface area contributed by atoms with Gasteiger partial charge in [0.2, 0.25) is 5.91 Å².